The molecular formula is C22H22F3NO6S. The smallest absolute Gasteiger partial charge is 0.416 e. The summed E-state index contributed by atoms with van der Waals surface area (Å²) < 4.78 is 75.4. The molecule has 0 aromatic heterocycles. The minimum absolute atomic E-state index is 0.0264. The van der Waals surface area contributed by atoms with Crippen molar-refractivity contribution in [3.05, 3.63) is 65.7 Å². The van der Waals surface area contributed by atoms with Gasteiger partial charge in [-0.2, -0.15) is 17.5 Å². The first kappa shape index (κ1) is 24.7. The summed E-state index contributed by atoms with van der Waals surface area (Å²) >= 11 is 0. The fraction of sp³-hybridized carbons (Fsp3) is 0.364. The third-order valence-electron chi connectivity index (χ3n) is 5.16. The highest BCUT2D eigenvalue weighted by molar-refractivity contribution is 7.89. The van der Waals surface area contributed by atoms with E-state index in [1.165, 1.54) is 0 Å². The lowest BCUT2D eigenvalue weighted by Gasteiger charge is -2.30. The van der Waals surface area contributed by atoms with Crippen LogP contribution in [-0.4, -0.2) is 51.0 Å². The Morgan fingerprint density at radius 2 is 1.58 bits per heavy atom. The molecule has 1 saturated heterocycles. The van der Waals surface area contributed by atoms with E-state index in [4.69, 9.17) is 9.47 Å². The number of hydrogen-bond acceptors (Lipinski definition) is 6. The van der Waals surface area contributed by atoms with Crippen LogP contribution in [0.4, 0.5) is 13.2 Å². The Hall–Kier alpha value is -2.92. The molecule has 0 N–H and O–H groups in total. The highest BCUT2D eigenvalue weighted by Crippen LogP contribution is 2.32. The van der Waals surface area contributed by atoms with Gasteiger partial charge in [-0.25, -0.2) is 13.2 Å². The molecule has 1 aliphatic heterocycles. The number of sulfonamides is 1. The molecule has 7 nitrogen and oxygen atoms in total. The standard InChI is InChI=1S/C22H22F3NO6S/c23-22(24,25)18-7-4-8-19(15-18)33(29,30)26-11-9-17(10-12-26)21(28)32-14-13-31-20(27)16-5-2-1-3-6-16/h1-8,15,17H,9-14H2. The third-order valence-corrected chi connectivity index (χ3v) is 7.05. The van der Waals surface area contributed by atoms with E-state index in [9.17, 15) is 31.2 Å². The van der Waals surface area contributed by atoms with E-state index < -0.39 is 44.5 Å². The van der Waals surface area contributed by atoms with E-state index in [0.29, 0.717) is 11.6 Å². The van der Waals surface area contributed by atoms with Crippen molar-refractivity contribution in [1.29, 1.82) is 0 Å². The number of piperidine rings is 1. The molecule has 1 fully saturated rings. The molecule has 0 amide bonds. The minimum atomic E-state index is -4.66. The second-order valence-electron chi connectivity index (χ2n) is 7.37. The summed E-state index contributed by atoms with van der Waals surface area (Å²) in [4.78, 5) is 23.6. The Morgan fingerprint density at radius 1 is 0.939 bits per heavy atom. The maximum atomic E-state index is 12.9. The molecule has 0 radical (unpaired) electrons. The summed E-state index contributed by atoms with van der Waals surface area (Å²) in [6.07, 6.45) is -4.32. The van der Waals surface area contributed by atoms with E-state index in [1.54, 1.807) is 30.3 Å². The van der Waals surface area contributed by atoms with Crippen molar-refractivity contribution in [3.8, 4) is 0 Å². The Bertz CT molecular complexity index is 1080. The van der Waals surface area contributed by atoms with Gasteiger partial charge in [-0.05, 0) is 43.2 Å². The zero-order chi connectivity index (χ0) is 24.1. The summed E-state index contributed by atoms with van der Waals surface area (Å²) in [5.74, 6) is -1.63. The number of carbonyl (C=O) groups excluding carboxylic acids is 2. The molecule has 0 unspecified atom stereocenters. The van der Waals surface area contributed by atoms with Gasteiger partial charge in [-0.1, -0.05) is 24.3 Å². The van der Waals surface area contributed by atoms with Crippen molar-refractivity contribution in [1.82, 2.24) is 4.31 Å². The van der Waals surface area contributed by atoms with Crippen molar-refractivity contribution >= 4 is 22.0 Å². The molecule has 0 spiro atoms. The first-order chi connectivity index (χ1) is 15.6. The van der Waals surface area contributed by atoms with Crippen LogP contribution >= 0.6 is 0 Å². The molecular weight excluding hydrogens is 463 g/mol. The SMILES string of the molecule is O=C(OCCOC(=O)C1CCN(S(=O)(=O)c2cccc(C(F)(F)F)c2)CC1)c1ccccc1. The highest BCUT2D eigenvalue weighted by Gasteiger charge is 2.35. The molecule has 0 bridgehead atoms. The van der Waals surface area contributed by atoms with Crippen molar-refractivity contribution in [2.75, 3.05) is 26.3 Å². The Morgan fingerprint density at radius 3 is 2.21 bits per heavy atom. The van der Waals surface area contributed by atoms with Gasteiger partial charge in [0.25, 0.3) is 0 Å². The maximum Gasteiger partial charge on any atom is 0.416 e. The molecule has 0 aliphatic carbocycles. The predicted molar refractivity (Wildman–Crippen MR) is 111 cm³/mol. The fourth-order valence-electron chi connectivity index (χ4n) is 3.37. The Balaban J connectivity index is 1.47. The number of rotatable bonds is 7. The van der Waals surface area contributed by atoms with E-state index >= 15 is 0 Å². The number of ether oxygens (including phenoxy) is 2. The fourth-order valence-corrected chi connectivity index (χ4v) is 4.88. The van der Waals surface area contributed by atoms with Crippen LogP contribution in [0.3, 0.4) is 0 Å². The summed E-state index contributed by atoms with van der Waals surface area (Å²) in [6, 6.07) is 11.9. The molecule has 11 heteroatoms. The van der Waals surface area contributed by atoms with Gasteiger partial charge in [0.15, 0.2) is 0 Å². The number of halogens is 3. The maximum absolute atomic E-state index is 12.9. The van der Waals surface area contributed by atoms with E-state index in [-0.39, 0.29) is 39.1 Å². The largest absolute Gasteiger partial charge is 0.462 e. The van der Waals surface area contributed by atoms with Gasteiger partial charge in [0.2, 0.25) is 10.0 Å². The zero-order valence-electron chi connectivity index (χ0n) is 17.5. The second-order valence-corrected chi connectivity index (χ2v) is 9.31. The second kappa shape index (κ2) is 10.3. The molecule has 2 aromatic rings. The van der Waals surface area contributed by atoms with E-state index in [2.05, 4.69) is 0 Å². The van der Waals surface area contributed by atoms with Crippen molar-refractivity contribution < 1.29 is 40.7 Å². The van der Waals surface area contributed by atoms with Crippen molar-refractivity contribution in [2.24, 2.45) is 5.92 Å². The van der Waals surface area contributed by atoms with E-state index in [1.807, 2.05) is 0 Å². The van der Waals surface area contributed by atoms with Gasteiger partial charge < -0.3 is 9.47 Å². The monoisotopic (exact) mass is 485 g/mol. The molecule has 0 saturated carbocycles. The van der Waals surface area contributed by atoms with Crippen molar-refractivity contribution in [3.63, 3.8) is 0 Å². The van der Waals surface area contributed by atoms with Crippen LogP contribution in [0.1, 0.15) is 28.8 Å². The zero-order valence-corrected chi connectivity index (χ0v) is 18.3. The first-order valence-corrected chi connectivity index (χ1v) is 11.6. The van der Waals surface area contributed by atoms with Gasteiger partial charge in [0.1, 0.15) is 13.2 Å². The van der Waals surface area contributed by atoms with Crippen molar-refractivity contribution in [2.45, 2.75) is 23.9 Å². The molecule has 33 heavy (non-hydrogen) atoms. The number of nitrogens with zero attached hydrogens (tertiary/aromatic N) is 1. The van der Waals surface area contributed by atoms with E-state index in [0.717, 1.165) is 22.5 Å². The normalized spacial score (nSPS) is 15.7. The lowest BCUT2D eigenvalue weighted by molar-refractivity contribution is -0.151. The number of benzene rings is 2. The number of alkyl halides is 3. The van der Waals surface area contributed by atoms with Crippen LogP contribution in [0.5, 0.6) is 0 Å². The molecule has 0 atom stereocenters. The number of hydrogen-bond donors (Lipinski definition) is 0. The summed E-state index contributed by atoms with van der Waals surface area (Å²) in [5.41, 5.74) is -0.673. The third kappa shape index (κ3) is 6.32. The van der Waals surface area contributed by atoms with Gasteiger partial charge in [-0.3, -0.25) is 4.79 Å². The van der Waals surface area contributed by atoms with Crippen LogP contribution in [0, 0.1) is 5.92 Å². The van der Waals surface area contributed by atoms with Crippen LogP contribution in [0.25, 0.3) is 0 Å². The number of esters is 2. The molecule has 3 rings (SSSR count). The Labute approximate surface area is 189 Å². The van der Waals surface area contributed by atoms with Crippen LogP contribution in [0.2, 0.25) is 0 Å². The van der Waals surface area contributed by atoms with Gasteiger partial charge in [0, 0.05) is 13.1 Å². The Kier molecular flexibility index (Phi) is 7.75. The minimum Gasteiger partial charge on any atom is -0.462 e. The summed E-state index contributed by atoms with van der Waals surface area (Å²) in [5, 5.41) is 0. The lowest BCUT2D eigenvalue weighted by atomic mass is 9.98. The molecule has 2 aromatic carbocycles. The summed E-state index contributed by atoms with van der Waals surface area (Å²) in [6.45, 7) is -0.314. The lowest BCUT2D eigenvalue weighted by Crippen LogP contribution is -2.40. The molecule has 1 aliphatic rings. The van der Waals surface area contributed by atoms with Crippen LogP contribution < -0.4 is 0 Å². The van der Waals surface area contributed by atoms with Crippen LogP contribution in [-0.2, 0) is 30.5 Å². The average molecular weight is 485 g/mol. The van der Waals surface area contributed by atoms with Gasteiger partial charge in [0.05, 0.1) is 21.9 Å². The van der Waals surface area contributed by atoms with Gasteiger partial charge >= 0.3 is 18.1 Å². The molecule has 178 valence electrons. The predicted octanol–water partition coefficient (Wildman–Crippen LogP) is 3.51. The average Bonchev–Trinajstić information content (AvgIpc) is 2.81. The summed E-state index contributed by atoms with van der Waals surface area (Å²) in [7, 11) is -4.13. The quantitative estimate of drug-likeness (QED) is 0.441. The van der Waals surface area contributed by atoms with Crippen LogP contribution in [0.15, 0.2) is 59.5 Å². The highest BCUT2D eigenvalue weighted by atomic mass is 32.2. The topological polar surface area (TPSA) is 90.0 Å². The van der Waals surface area contributed by atoms with Gasteiger partial charge in [-0.15, -0.1) is 0 Å². The number of carbonyl (C=O) groups is 2. The first-order valence-electron chi connectivity index (χ1n) is 10.2. The molecule has 1 heterocycles.